The molecule has 0 spiro atoms. The minimum absolute atomic E-state index is 0. The minimum atomic E-state index is 0. The lowest BCUT2D eigenvalue weighted by Gasteiger charge is -2.17. The fourth-order valence-corrected chi connectivity index (χ4v) is 2.65. The summed E-state index contributed by atoms with van der Waals surface area (Å²) in [6, 6.07) is 4.45. The van der Waals surface area contributed by atoms with Crippen LogP contribution in [-0.2, 0) is 6.54 Å². The van der Waals surface area contributed by atoms with Crippen molar-refractivity contribution in [1.82, 2.24) is 4.90 Å². The standard InChI is InChI=1S/C14H20BrN3O2.HI/c1-18(10-4-5-10)14(16)17-8-9-6-11(15)13(20-3)12(7-9)19-2;/h6-7,10H,4-5,8H2,1-3H3,(H2,16,17);1H. The molecule has 0 bridgehead atoms. The zero-order valence-electron chi connectivity index (χ0n) is 12.4. The molecule has 2 rings (SSSR count). The van der Waals surface area contributed by atoms with Gasteiger partial charge in [0.1, 0.15) is 0 Å². The first-order valence-electron chi connectivity index (χ1n) is 6.50. The second-order valence-electron chi connectivity index (χ2n) is 4.83. The molecule has 1 aromatic rings. The lowest BCUT2D eigenvalue weighted by molar-refractivity contribution is 0.352. The highest BCUT2D eigenvalue weighted by Crippen LogP contribution is 2.36. The lowest BCUT2D eigenvalue weighted by Crippen LogP contribution is -2.35. The largest absolute Gasteiger partial charge is 0.493 e. The molecule has 118 valence electrons. The van der Waals surface area contributed by atoms with Gasteiger partial charge in [-0.25, -0.2) is 4.99 Å². The van der Waals surface area contributed by atoms with E-state index in [4.69, 9.17) is 15.2 Å². The molecular weight excluding hydrogens is 449 g/mol. The smallest absolute Gasteiger partial charge is 0.191 e. The van der Waals surface area contributed by atoms with Crippen LogP contribution in [0.2, 0.25) is 0 Å². The maximum atomic E-state index is 5.98. The average Bonchev–Trinajstić information content (AvgIpc) is 3.27. The van der Waals surface area contributed by atoms with Gasteiger partial charge in [0, 0.05) is 13.1 Å². The summed E-state index contributed by atoms with van der Waals surface area (Å²) in [7, 11) is 5.22. The molecule has 1 aromatic carbocycles. The van der Waals surface area contributed by atoms with Crippen molar-refractivity contribution in [2.24, 2.45) is 10.7 Å². The maximum absolute atomic E-state index is 5.98. The zero-order valence-corrected chi connectivity index (χ0v) is 16.3. The van der Waals surface area contributed by atoms with Gasteiger partial charge in [-0.1, -0.05) is 0 Å². The fraction of sp³-hybridized carbons (Fsp3) is 0.500. The Morgan fingerprint density at radius 2 is 2.05 bits per heavy atom. The maximum Gasteiger partial charge on any atom is 0.191 e. The van der Waals surface area contributed by atoms with Crippen molar-refractivity contribution in [3.8, 4) is 11.5 Å². The van der Waals surface area contributed by atoms with Gasteiger partial charge in [-0.2, -0.15) is 0 Å². The van der Waals surface area contributed by atoms with Crippen LogP contribution < -0.4 is 15.2 Å². The van der Waals surface area contributed by atoms with E-state index >= 15 is 0 Å². The van der Waals surface area contributed by atoms with Crippen molar-refractivity contribution in [1.29, 1.82) is 0 Å². The first-order chi connectivity index (χ1) is 9.56. The van der Waals surface area contributed by atoms with E-state index in [-0.39, 0.29) is 24.0 Å². The van der Waals surface area contributed by atoms with E-state index in [0.29, 0.717) is 30.0 Å². The minimum Gasteiger partial charge on any atom is -0.493 e. The molecule has 1 aliphatic carbocycles. The molecular formula is C14H21BrIN3O2. The predicted octanol–water partition coefficient (Wildman–Crippen LogP) is 2.99. The van der Waals surface area contributed by atoms with Gasteiger partial charge in [0.15, 0.2) is 17.5 Å². The van der Waals surface area contributed by atoms with Crippen molar-refractivity contribution in [2.75, 3.05) is 21.3 Å². The summed E-state index contributed by atoms with van der Waals surface area (Å²) in [5, 5.41) is 0. The van der Waals surface area contributed by atoms with Crippen molar-refractivity contribution < 1.29 is 9.47 Å². The van der Waals surface area contributed by atoms with Gasteiger partial charge in [-0.3, -0.25) is 0 Å². The highest BCUT2D eigenvalue weighted by molar-refractivity contribution is 14.0. The number of hydrogen-bond acceptors (Lipinski definition) is 3. The number of nitrogens with zero attached hydrogens (tertiary/aromatic N) is 2. The van der Waals surface area contributed by atoms with E-state index in [1.807, 2.05) is 24.1 Å². The Morgan fingerprint density at radius 3 is 2.57 bits per heavy atom. The molecule has 0 radical (unpaired) electrons. The Hall–Kier alpha value is -0.700. The van der Waals surface area contributed by atoms with Crippen LogP contribution in [0.3, 0.4) is 0 Å². The van der Waals surface area contributed by atoms with Crippen molar-refractivity contribution >= 4 is 45.9 Å². The Kier molecular flexibility index (Phi) is 7.05. The molecule has 2 N–H and O–H groups in total. The van der Waals surface area contributed by atoms with Gasteiger partial charge in [0.25, 0.3) is 0 Å². The van der Waals surface area contributed by atoms with Crippen LogP contribution >= 0.6 is 39.9 Å². The Morgan fingerprint density at radius 1 is 1.38 bits per heavy atom. The number of guanidine groups is 1. The first-order valence-corrected chi connectivity index (χ1v) is 7.29. The summed E-state index contributed by atoms with van der Waals surface area (Å²) < 4.78 is 11.4. The van der Waals surface area contributed by atoms with Gasteiger partial charge < -0.3 is 20.1 Å². The Labute approximate surface area is 151 Å². The molecule has 1 saturated carbocycles. The SMILES string of the molecule is COc1cc(CN=C(N)N(C)C2CC2)cc(Br)c1OC.I. The summed E-state index contributed by atoms with van der Waals surface area (Å²) >= 11 is 3.47. The second kappa shape index (κ2) is 8.07. The van der Waals surface area contributed by atoms with E-state index in [0.717, 1.165) is 10.0 Å². The quantitative estimate of drug-likeness (QED) is 0.409. The molecule has 0 atom stereocenters. The van der Waals surface area contributed by atoms with Crippen LogP contribution in [0.5, 0.6) is 11.5 Å². The number of nitrogens with two attached hydrogens (primary N) is 1. The summed E-state index contributed by atoms with van der Waals surface area (Å²) in [4.78, 5) is 6.47. The molecule has 0 aromatic heterocycles. The van der Waals surface area contributed by atoms with Crippen LogP contribution in [0.25, 0.3) is 0 Å². The zero-order chi connectivity index (χ0) is 14.7. The Balaban J connectivity index is 0.00000220. The van der Waals surface area contributed by atoms with E-state index in [1.54, 1.807) is 14.2 Å². The molecule has 0 saturated heterocycles. The van der Waals surface area contributed by atoms with E-state index in [9.17, 15) is 0 Å². The monoisotopic (exact) mass is 469 g/mol. The van der Waals surface area contributed by atoms with Crippen LogP contribution in [0, 0.1) is 0 Å². The van der Waals surface area contributed by atoms with Crippen molar-refractivity contribution in [2.45, 2.75) is 25.4 Å². The highest BCUT2D eigenvalue weighted by atomic mass is 127. The van der Waals surface area contributed by atoms with Crippen LogP contribution in [0.4, 0.5) is 0 Å². The van der Waals surface area contributed by atoms with Gasteiger partial charge >= 0.3 is 0 Å². The summed E-state index contributed by atoms with van der Waals surface area (Å²) in [6.07, 6.45) is 2.41. The Bertz CT molecular complexity index is 521. The number of aliphatic imine (C=N–C) groups is 1. The van der Waals surface area contributed by atoms with Gasteiger partial charge in [0.05, 0.1) is 25.2 Å². The molecule has 1 fully saturated rings. The molecule has 21 heavy (non-hydrogen) atoms. The van der Waals surface area contributed by atoms with Gasteiger partial charge in [-0.15, -0.1) is 24.0 Å². The van der Waals surface area contributed by atoms with Crippen LogP contribution in [-0.4, -0.2) is 38.2 Å². The molecule has 0 amide bonds. The third-order valence-corrected chi connectivity index (χ3v) is 3.96. The topological polar surface area (TPSA) is 60.1 Å². The number of rotatable bonds is 5. The number of hydrogen-bond donors (Lipinski definition) is 1. The fourth-order valence-electron chi connectivity index (χ4n) is 2.00. The summed E-state index contributed by atoms with van der Waals surface area (Å²) in [5.41, 5.74) is 6.99. The summed E-state index contributed by atoms with van der Waals surface area (Å²) in [5.74, 6) is 1.95. The number of methoxy groups -OCH3 is 2. The molecule has 0 aliphatic heterocycles. The number of halogens is 2. The van der Waals surface area contributed by atoms with Crippen LogP contribution in [0.1, 0.15) is 18.4 Å². The highest BCUT2D eigenvalue weighted by Gasteiger charge is 2.27. The third-order valence-electron chi connectivity index (χ3n) is 3.37. The predicted molar refractivity (Wildman–Crippen MR) is 98.8 cm³/mol. The molecule has 1 aliphatic rings. The van der Waals surface area contributed by atoms with E-state index in [1.165, 1.54) is 12.8 Å². The number of benzene rings is 1. The van der Waals surface area contributed by atoms with Crippen LogP contribution in [0.15, 0.2) is 21.6 Å². The number of ether oxygens (including phenoxy) is 2. The average molecular weight is 470 g/mol. The van der Waals surface area contributed by atoms with Crippen molar-refractivity contribution in [3.63, 3.8) is 0 Å². The third kappa shape index (κ3) is 4.64. The molecule has 7 heteroatoms. The lowest BCUT2D eigenvalue weighted by atomic mass is 10.2. The molecule has 0 heterocycles. The normalized spacial score (nSPS) is 14.4. The van der Waals surface area contributed by atoms with E-state index < -0.39 is 0 Å². The van der Waals surface area contributed by atoms with Gasteiger partial charge in [-0.05, 0) is 46.5 Å². The first kappa shape index (κ1) is 18.3. The molecule has 0 unspecified atom stereocenters. The van der Waals surface area contributed by atoms with Gasteiger partial charge in [0.2, 0.25) is 0 Å². The second-order valence-corrected chi connectivity index (χ2v) is 5.68. The van der Waals surface area contributed by atoms with E-state index in [2.05, 4.69) is 20.9 Å². The molecule has 5 nitrogen and oxygen atoms in total. The van der Waals surface area contributed by atoms with Crippen molar-refractivity contribution in [3.05, 3.63) is 22.2 Å². The summed E-state index contributed by atoms with van der Waals surface area (Å²) in [6.45, 7) is 0.516.